The highest BCUT2D eigenvalue weighted by atomic mass is 32.1. The van der Waals surface area contributed by atoms with Crippen molar-refractivity contribution in [2.45, 2.75) is 0 Å². The Kier molecular flexibility index (Phi) is 7.75. The van der Waals surface area contributed by atoms with Crippen LogP contribution in [0.2, 0.25) is 0 Å². The van der Waals surface area contributed by atoms with Crippen molar-refractivity contribution in [1.82, 2.24) is 0 Å². The van der Waals surface area contributed by atoms with Gasteiger partial charge in [-0.25, -0.2) is 0 Å². The number of benzene rings is 10. The standard InChI is InChI=1S/C56H35NOS/c1-2-13-36(14-3-1)51-34-40(29-31-45(51)48-21-12-22-49-47-20-9-11-24-55(47)59-56(48)49)57(41-30-32-54-52(35-41)46-19-8-10-23-53(46)58-54)39-27-25-37(26-28-39)50-33-38-15-4-5-16-42(38)43-17-6-7-18-44(43)50/h1-35H. The molecule has 2 nitrogen and oxygen atoms in total. The number of anilines is 3. The molecule has 2 aromatic heterocycles. The lowest BCUT2D eigenvalue weighted by Crippen LogP contribution is -2.10. The zero-order valence-corrected chi connectivity index (χ0v) is 32.8. The number of para-hydroxylation sites is 1. The molecule has 12 rings (SSSR count). The Hall–Kier alpha value is -7.46. The fourth-order valence-corrected chi connectivity index (χ4v) is 10.3. The lowest BCUT2D eigenvalue weighted by atomic mass is 9.92. The van der Waals surface area contributed by atoms with E-state index in [-0.39, 0.29) is 0 Å². The number of nitrogens with zero attached hydrogens (tertiary/aromatic N) is 1. The number of hydrogen-bond donors (Lipinski definition) is 0. The van der Waals surface area contributed by atoms with E-state index in [0.29, 0.717) is 0 Å². The molecule has 0 saturated carbocycles. The van der Waals surface area contributed by atoms with E-state index in [4.69, 9.17) is 4.42 Å². The van der Waals surface area contributed by atoms with Gasteiger partial charge in [0, 0.05) is 53.6 Å². The predicted molar refractivity (Wildman–Crippen MR) is 253 cm³/mol. The van der Waals surface area contributed by atoms with Crippen LogP contribution < -0.4 is 4.90 Å². The molecule has 0 bridgehead atoms. The molecule has 59 heavy (non-hydrogen) atoms. The first-order valence-electron chi connectivity index (χ1n) is 20.1. The second-order valence-electron chi connectivity index (χ2n) is 15.2. The predicted octanol–water partition coefficient (Wildman–Crippen LogP) is 16.7. The number of hydrogen-bond acceptors (Lipinski definition) is 3. The van der Waals surface area contributed by atoms with Gasteiger partial charge < -0.3 is 9.32 Å². The van der Waals surface area contributed by atoms with Crippen molar-refractivity contribution < 1.29 is 4.42 Å². The molecule has 12 aromatic rings. The lowest BCUT2D eigenvalue weighted by Gasteiger charge is -2.27. The van der Waals surface area contributed by atoms with Crippen molar-refractivity contribution in [1.29, 1.82) is 0 Å². The van der Waals surface area contributed by atoms with Crippen molar-refractivity contribution in [3.8, 4) is 33.4 Å². The molecule has 0 aliphatic heterocycles. The highest BCUT2D eigenvalue weighted by Crippen LogP contribution is 2.46. The molecule has 2 heterocycles. The van der Waals surface area contributed by atoms with Crippen molar-refractivity contribution in [2.75, 3.05) is 4.90 Å². The summed E-state index contributed by atoms with van der Waals surface area (Å²) in [6, 6.07) is 77.1. The van der Waals surface area contributed by atoms with Gasteiger partial charge in [-0.3, -0.25) is 0 Å². The van der Waals surface area contributed by atoms with Crippen LogP contribution in [0, 0.1) is 0 Å². The van der Waals surface area contributed by atoms with E-state index in [9.17, 15) is 0 Å². The quantitative estimate of drug-likeness (QED) is 0.157. The summed E-state index contributed by atoms with van der Waals surface area (Å²) in [4.78, 5) is 2.39. The average Bonchev–Trinajstić information content (AvgIpc) is 3.88. The summed E-state index contributed by atoms with van der Waals surface area (Å²) in [6.45, 7) is 0. The summed E-state index contributed by atoms with van der Waals surface area (Å²) < 4.78 is 8.93. The topological polar surface area (TPSA) is 16.4 Å². The van der Waals surface area contributed by atoms with Gasteiger partial charge in [-0.15, -0.1) is 11.3 Å². The monoisotopic (exact) mass is 769 g/mol. The molecule has 0 aliphatic rings. The molecule has 0 fully saturated rings. The molecule has 10 aromatic carbocycles. The molecule has 0 atom stereocenters. The Morgan fingerprint density at radius 3 is 1.81 bits per heavy atom. The van der Waals surface area contributed by atoms with Crippen molar-refractivity contribution in [3.05, 3.63) is 212 Å². The third kappa shape index (κ3) is 5.55. The molecule has 0 unspecified atom stereocenters. The van der Waals surface area contributed by atoms with E-state index in [1.54, 1.807) is 0 Å². The second kappa shape index (κ2) is 13.6. The second-order valence-corrected chi connectivity index (χ2v) is 16.3. The van der Waals surface area contributed by atoms with Crippen LogP contribution in [0.3, 0.4) is 0 Å². The van der Waals surface area contributed by atoms with Crippen molar-refractivity contribution in [2.24, 2.45) is 0 Å². The van der Waals surface area contributed by atoms with Gasteiger partial charge in [0.1, 0.15) is 11.2 Å². The molecule has 0 N–H and O–H groups in total. The van der Waals surface area contributed by atoms with Crippen LogP contribution in [0.1, 0.15) is 0 Å². The van der Waals surface area contributed by atoms with Gasteiger partial charge in [0.05, 0.1) is 0 Å². The largest absolute Gasteiger partial charge is 0.456 e. The van der Waals surface area contributed by atoms with Crippen LogP contribution in [0.5, 0.6) is 0 Å². The van der Waals surface area contributed by atoms with Crippen LogP contribution in [0.25, 0.3) is 97.0 Å². The van der Waals surface area contributed by atoms with E-state index in [1.807, 2.05) is 23.5 Å². The number of rotatable bonds is 6. The smallest absolute Gasteiger partial charge is 0.135 e. The van der Waals surface area contributed by atoms with E-state index in [1.165, 1.54) is 75.1 Å². The van der Waals surface area contributed by atoms with E-state index in [0.717, 1.165) is 39.0 Å². The van der Waals surface area contributed by atoms with Crippen LogP contribution in [-0.2, 0) is 0 Å². The first-order chi connectivity index (χ1) is 29.2. The first-order valence-corrected chi connectivity index (χ1v) is 20.9. The maximum absolute atomic E-state index is 6.31. The first kappa shape index (κ1) is 33.7. The van der Waals surface area contributed by atoms with Gasteiger partial charge in [-0.05, 0) is 110 Å². The molecular weight excluding hydrogens is 735 g/mol. The summed E-state index contributed by atoms with van der Waals surface area (Å²) in [6.07, 6.45) is 0. The SMILES string of the molecule is c1ccc(-c2cc(N(c3ccc(-c4cc5ccccc5c5ccccc45)cc3)c3ccc4oc5ccccc5c4c3)ccc2-c2cccc3c2sc2ccccc23)cc1. The van der Waals surface area contributed by atoms with Gasteiger partial charge in [-0.2, -0.15) is 0 Å². The minimum absolute atomic E-state index is 0.880. The Labute approximate surface area is 345 Å². The molecule has 0 radical (unpaired) electrons. The zero-order chi connectivity index (χ0) is 38.9. The van der Waals surface area contributed by atoms with Crippen LogP contribution in [0.4, 0.5) is 17.1 Å². The third-order valence-corrected chi connectivity index (χ3v) is 13.1. The third-order valence-electron chi connectivity index (χ3n) is 11.9. The maximum atomic E-state index is 6.31. The highest BCUT2D eigenvalue weighted by Gasteiger charge is 2.20. The highest BCUT2D eigenvalue weighted by molar-refractivity contribution is 7.26. The molecule has 3 heteroatoms. The number of fused-ring (bicyclic) bond motifs is 9. The van der Waals surface area contributed by atoms with Gasteiger partial charge in [0.2, 0.25) is 0 Å². The van der Waals surface area contributed by atoms with E-state index in [2.05, 4.69) is 205 Å². The van der Waals surface area contributed by atoms with E-state index >= 15 is 0 Å². The van der Waals surface area contributed by atoms with Crippen molar-refractivity contribution in [3.63, 3.8) is 0 Å². The molecule has 0 spiro atoms. The molecule has 0 aliphatic carbocycles. The number of thiophene rings is 1. The summed E-state index contributed by atoms with van der Waals surface area (Å²) in [5.74, 6) is 0. The minimum Gasteiger partial charge on any atom is -0.456 e. The Morgan fingerprint density at radius 1 is 0.322 bits per heavy atom. The lowest BCUT2D eigenvalue weighted by molar-refractivity contribution is 0.669. The van der Waals surface area contributed by atoms with Crippen LogP contribution in [-0.4, -0.2) is 0 Å². The number of furan rings is 1. The average molecular weight is 770 g/mol. The van der Waals surface area contributed by atoms with Gasteiger partial charge >= 0.3 is 0 Å². The molecular formula is C56H35NOS. The van der Waals surface area contributed by atoms with Gasteiger partial charge in [0.15, 0.2) is 0 Å². The normalized spacial score (nSPS) is 11.7. The minimum atomic E-state index is 0.880. The molecule has 276 valence electrons. The summed E-state index contributed by atoms with van der Waals surface area (Å²) in [5.41, 5.74) is 12.2. The maximum Gasteiger partial charge on any atom is 0.135 e. The fourth-order valence-electron chi connectivity index (χ4n) is 9.11. The Morgan fingerprint density at radius 2 is 0.949 bits per heavy atom. The summed E-state index contributed by atoms with van der Waals surface area (Å²) >= 11 is 1.88. The Balaban J connectivity index is 1.06. The summed E-state index contributed by atoms with van der Waals surface area (Å²) in [5, 5.41) is 9.86. The zero-order valence-electron chi connectivity index (χ0n) is 32.0. The van der Waals surface area contributed by atoms with E-state index < -0.39 is 0 Å². The fraction of sp³-hybridized carbons (Fsp3) is 0. The Bertz CT molecular complexity index is 3560. The van der Waals surface area contributed by atoms with Crippen LogP contribution >= 0.6 is 11.3 Å². The van der Waals surface area contributed by atoms with Gasteiger partial charge in [-0.1, -0.05) is 152 Å². The van der Waals surface area contributed by atoms with Crippen LogP contribution in [0.15, 0.2) is 217 Å². The van der Waals surface area contributed by atoms with Crippen molar-refractivity contribution >= 4 is 92.1 Å². The summed E-state index contributed by atoms with van der Waals surface area (Å²) in [7, 11) is 0. The molecule has 0 saturated heterocycles. The van der Waals surface area contributed by atoms with Gasteiger partial charge in [0.25, 0.3) is 0 Å². The molecule has 0 amide bonds.